The van der Waals surface area contributed by atoms with Crippen LogP contribution in [0.3, 0.4) is 0 Å². The lowest BCUT2D eigenvalue weighted by atomic mass is 10.0. The van der Waals surface area contributed by atoms with Crippen molar-refractivity contribution in [2.75, 3.05) is 13.2 Å². The molecule has 0 atom stereocenters. The highest BCUT2D eigenvalue weighted by molar-refractivity contribution is 6.32. The van der Waals surface area contributed by atoms with Gasteiger partial charge in [-0.3, -0.25) is 0 Å². The van der Waals surface area contributed by atoms with Gasteiger partial charge >= 0.3 is 0 Å². The standard InChI is InChI=1S/C12H16ClNO/c13-12-9(3-1-2-7-14)4-5-11-10(12)6-8-15-11/h4-5H,1-3,6-8,14H2. The molecule has 0 saturated heterocycles. The van der Waals surface area contributed by atoms with Crippen LogP contribution in [0.4, 0.5) is 0 Å². The fourth-order valence-electron chi connectivity index (χ4n) is 1.94. The van der Waals surface area contributed by atoms with E-state index in [9.17, 15) is 0 Å². The second-order valence-corrected chi connectivity index (χ2v) is 4.24. The minimum Gasteiger partial charge on any atom is -0.493 e. The lowest BCUT2D eigenvalue weighted by Gasteiger charge is -2.07. The van der Waals surface area contributed by atoms with Gasteiger partial charge in [0, 0.05) is 12.0 Å². The molecule has 0 aliphatic carbocycles. The zero-order valence-electron chi connectivity index (χ0n) is 8.76. The van der Waals surface area contributed by atoms with Crippen LogP contribution in [-0.2, 0) is 12.8 Å². The van der Waals surface area contributed by atoms with Gasteiger partial charge in [0.1, 0.15) is 5.75 Å². The number of ether oxygens (including phenoxy) is 1. The summed E-state index contributed by atoms with van der Waals surface area (Å²) < 4.78 is 5.46. The van der Waals surface area contributed by atoms with Crippen LogP contribution in [0.5, 0.6) is 5.75 Å². The number of halogens is 1. The first-order chi connectivity index (χ1) is 7.33. The Balaban J connectivity index is 2.12. The summed E-state index contributed by atoms with van der Waals surface area (Å²) in [5.74, 6) is 0.961. The molecule has 0 bridgehead atoms. The highest BCUT2D eigenvalue weighted by Crippen LogP contribution is 2.34. The van der Waals surface area contributed by atoms with Gasteiger partial charge in [0.2, 0.25) is 0 Å². The Bertz CT molecular complexity index is 352. The van der Waals surface area contributed by atoms with Gasteiger partial charge in [-0.1, -0.05) is 17.7 Å². The molecule has 1 aliphatic heterocycles. The number of benzene rings is 1. The first-order valence-corrected chi connectivity index (χ1v) is 5.84. The lowest BCUT2D eigenvalue weighted by Crippen LogP contribution is -1.99. The number of hydrogen-bond donors (Lipinski definition) is 1. The molecule has 2 N–H and O–H groups in total. The number of aryl methyl sites for hydroxylation is 1. The molecular weight excluding hydrogens is 210 g/mol. The third kappa shape index (κ3) is 2.27. The van der Waals surface area contributed by atoms with E-state index in [1.165, 1.54) is 11.1 Å². The number of nitrogens with two attached hydrogens (primary N) is 1. The molecule has 82 valence electrons. The predicted molar refractivity (Wildman–Crippen MR) is 62.6 cm³/mol. The van der Waals surface area contributed by atoms with E-state index in [-0.39, 0.29) is 0 Å². The SMILES string of the molecule is NCCCCc1ccc2c(c1Cl)CCO2. The molecule has 0 unspecified atom stereocenters. The summed E-state index contributed by atoms with van der Waals surface area (Å²) >= 11 is 6.32. The maximum Gasteiger partial charge on any atom is 0.124 e. The molecule has 0 radical (unpaired) electrons. The predicted octanol–water partition coefficient (Wildman–Crippen LogP) is 2.56. The van der Waals surface area contributed by atoms with Crippen molar-refractivity contribution >= 4 is 11.6 Å². The number of fused-ring (bicyclic) bond motifs is 1. The van der Waals surface area contributed by atoms with Gasteiger partial charge in [-0.2, -0.15) is 0 Å². The van der Waals surface area contributed by atoms with Gasteiger partial charge in [-0.15, -0.1) is 0 Å². The summed E-state index contributed by atoms with van der Waals surface area (Å²) in [5.41, 5.74) is 7.88. The number of hydrogen-bond acceptors (Lipinski definition) is 2. The summed E-state index contributed by atoms with van der Waals surface area (Å²) in [6, 6.07) is 4.11. The van der Waals surface area contributed by atoms with Crippen molar-refractivity contribution in [2.24, 2.45) is 5.73 Å². The molecule has 15 heavy (non-hydrogen) atoms. The van der Waals surface area contributed by atoms with E-state index < -0.39 is 0 Å². The number of unbranched alkanes of at least 4 members (excludes halogenated alkanes) is 1. The van der Waals surface area contributed by atoms with E-state index in [0.29, 0.717) is 0 Å². The van der Waals surface area contributed by atoms with E-state index in [4.69, 9.17) is 22.1 Å². The summed E-state index contributed by atoms with van der Waals surface area (Å²) in [7, 11) is 0. The third-order valence-corrected chi connectivity index (χ3v) is 3.26. The minimum absolute atomic E-state index is 0.756. The number of rotatable bonds is 4. The molecule has 0 spiro atoms. The van der Waals surface area contributed by atoms with Crippen LogP contribution in [-0.4, -0.2) is 13.2 Å². The normalized spacial score (nSPS) is 13.7. The van der Waals surface area contributed by atoms with Gasteiger partial charge < -0.3 is 10.5 Å². The average molecular weight is 226 g/mol. The van der Waals surface area contributed by atoms with E-state index in [2.05, 4.69) is 6.07 Å². The molecule has 1 heterocycles. The van der Waals surface area contributed by atoms with Crippen molar-refractivity contribution in [1.82, 2.24) is 0 Å². The molecule has 1 aliphatic rings. The topological polar surface area (TPSA) is 35.2 Å². The maximum absolute atomic E-state index is 6.32. The van der Waals surface area contributed by atoms with Crippen molar-refractivity contribution in [1.29, 1.82) is 0 Å². The molecule has 0 aromatic heterocycles. The Morgan fingerprint density at radius 2 is 2.20 bits per heavy atom. The van der Waals surface area contributed by atoms with Gasteiger partial charge in [-0.05, 0) is 37.4 Å². The van der Waals surface area contributed by atoms with Crippen molar-refractivity contribution < 1.29 is 4.74 Å². The molecule has 0 fully saturated rings. The zero-order chi connectivity index (χ0) is 10.7. The van der Waals surface area contributed by atoms with Crippen LogP contribution in [0.15, 0.2) is 12.1 Å². The van der Waals surface area contributed by atoms with E-state index in [1.54, 1.807) is 0 Å². The Kier molecular flexibility index (Phi) is 3.49. The first-order valence-electron chi connectivity index (χ1n) is 5.46. The fraction of sp³-hybridized carbons (Fsp3) is 0.500. The summed E-state index contributed by atoms with van der Waals surface area (Å²) in [4.78, 5) is 0. The van der Waals surface area contributed by atoms with E-state index in [1.807, 2.05) is 6.07 Å². The molecule has 1 aromatic carbocycles. The Morgan fingerprint density at radius 3 is 3.00 bits per heavy atom. The van der Waals surface area contributed by atoms with Crippen LogP contribution >= 0.6 is 11.6 Å². The van der Waals surface area contributed by atoms with Crippen molar-refractivity contribution in [2.45, 2.75) is 25.7 Å². The highest BCUT2D eigenvalue weighted by Gasteiger charge is 2.17. The molecular formula is C12H16ClNO. The van der Waals surface area contributed by atoms with Gasteiger partial charge in [0.05, 0.1) is 11.6 Å². The van der Waals surface area contributed by atoms with Crippen LogP contribution in [0, 0.1) is 0 Å². The van der Waals surface area contributed by atoms with Crippen molar-refractivity contribution in [3.05, 3.63) is 28.3 Å². The van der Waals surface area contributed by atoms with Crippen LogP contribution in [0.2, 0.25) is 5.02 Å². The Morgan fingerprint density at radius 1 is 1.33 bits per heavy atom. The Labute approximate surface area is 95.4 Å². The molecule has 2 rings (SSSR count). The molecule has 3 heteroatoms. The fourth-order valence-corrected chi connectivity index (χ4v) is 2.28. The molecule has 1 aromatic rings. The first kappa shape index (κ1) is 10.8. The Hall–Kier alpha value is -0.730. The molecule has 0 amide bonds. The maximum atomic E-state index is 6.32. The van der Waals surface area contributed by atoms with Crippen LogP contribution in [0.25, 0.3) is 0 Å². The third-order valence-electron chi connectivity index (χ3n) is 2.79. The van der Waals surface area contributed by atoms with E-state index >= 15 is 0 Å². The smallest absolute Gasteiger partial charge is 0.124 e. The van der Waals surface area contributed by atoms with E-state index in [0.717, 1.165) is 49.6 Å². The lowest BCUT2D eigenvalue weighted by molar-refractivity contribution is 0.357. The molecule has 0 saturated carbocycles. The van der Waals surface area contributed by atoms with Crippen LogP contribution in [0.1, 0.15) is 24.0 Å². The summed E-state index contributed by atoms with van der Waals surface area (Å²) in [5, 5.41) is 0.905. The van der Waals surface area contributed by atoms with Crippen LogP contribution < -0.4 is 10.5 Å². The van der Waals surface area contributed by atoms with Crippen molar-refractivity contribution in [3.63, 3.8) is 0 Å². The molecule has 2 nitrogen and oxygen atoms in total. The second kappa shape index (κ2) is 4.86. The van der Waals surface area contributed by atoms with Gasteiger partial charge in [0.15, 0.2) is 0 Å². The highest BCUT2D eigenvalue weighted by atomic mass is 35.5. The quantitative estimate of drug-likeness (QED) is 0.800. The summed E-state index contributed by atoms with van der Waals surface area (Å²) in [6.07, 6.45) is 4.13. The van der Waals surface area contributed by atoms with Gasteiger partial charge in [0.25, 0.3) is 0 Å². The zero-order valence-corrected chi connectivity index (χ0v) is 9.52. The summed E-state index contributed by atoms with van der Waals surface area (Å²) in [6.45, 7) is 1.52. The van der Waals surface area contributed by atoms with Crippen molar-refractivity contribution in [3.8, 4) is 5.75 Å². The van der Waals surface area contributed by atoms with Gasteiger partial charge in [-0.25, -0.2) is 0 Å². The average Bonchev–Trinajstić information content (AvgIpc) is 2.70. The largest absolute Gasteiger partial charge is 0.493 e. The monoisotopic (exact) mass is 225 g/mol. The minimum atomic E-state index is 0.756. The second-order valence-electron chi connectivity index (χ2n) is 3.86.